The summed E-state index contributed by atoms with van der Waals surface area (Å²) in [5, 5.41) is 0. The number of Topliss-reactive ketones (excluding diaryl/α,β-unsaturated/α-hetero) is 1. The first-order chi connectivity index (χ1) is 9.76. The third-order valence-corrected chi connectivity index (χ3v) is 4.42. The highest BCUT2D eigenvalue weighted by Gasteiger charge is 2.29. The molecule has 0 bridgehead atoms. The maximum absolute atomic E-state index is 12.4. The first-order valence-electron chi connectivity index (χ1n) is 7.92. The number of ketones is 1. The number of nitrogens with zero attached hydrogens (tertiary/aromatic N) is 1. The highest BCUT2D eigenvalue weighted by Crippen LogP contribution is 2.33. The van der Waals surface area contributed by atoms with Crippen LogP contribution in [0.15, 0.2) is 18.3 Å². The van der Waals surface area contributed by atoms with Crippen molar-refractivity contribution >= 4 is 5.78 Å². The summed E-state index contributed by atoms with van der Waals surface area (Å²) >= 11 is 0. The second-order valence-electron chi connectivity index (χ2n) is 5.88. The Morgan fingerprint density at radius 2 is 2.30 bits per heavy atom. The predicted molar refractivity (Wildman–Crippen MR) is 81.6 cm³/mol. The molecule has 3 heteroatoms. The van der Waals surface area contributed by atoms with Gasteiger partial charge in [-0.05, 0) is 49.8 Å². The zero-order valence-corrected chi connectivity index (χ0v) is 12.5. The van der Waals surface area contributed by atoms with Crippen LogP contribution >= 0.6 is 0 Å². The summed E-state index contributed by atoms with van der Waals surface area (Å²) in [4.78, 5) is 16.9. The lowest BCUT2D eigenvalue weighted by atomic mass is 9.90. The van der Waals surface area contributed by atoms with Crippen LogP contribution in [-0.2, 0) is 11.2 Å². The van der Waals surface area contributed by atoms with Gasteiger partial charge in [-0.3, -0.25) is 9.78 Å². The van der Waals surface area contributed by atoms with Gasteiger partial charge in [0.1, 0.15) is 5.78 Å². The molecule has 2 atom stereocenters. The normalized spacial score (nSPS) is 18.8. The molecule has 2 rings (SSSR count). The summed E-state index contributed by atoms with van der Waals surface area (Å²) in [6.07, 6.45) is 8.82. The number of fused-ring (bicyclic) bond motifs is 1. The van der Waals surface area contributed by atoms with Crippen molar-refractivity contribution in [2.75, 3.05) is 6.54 Å². The number of aryl methyl sites for hydroxylation is 1. The van der Waals surface area contributed by atoms with Crippen LogP contribution in [0.3, 0.4) is 0 Å². The molecule has 3 nitrogen and oxygen atoms in total. The van der Waals surface area contributed by atoms with E-state index in [1.165, 1.54) is 18.4 Å². The highest BCUT2D eigenvalue weighted by atomic mass is 16.1. The summed E-state index contributed by atoms with van der Waals surface area (Å²) in [5.41, 5.74) is 7.95. The summed E-state index contributed by atoms with van der Waals surface area (Å²) in [6.45, 7) is 2.93. The quantitative estimate of drug-likeness (QED) is 0.792. The lowest BCUT2D eigenvalue weighted by Crippen LogP contribution is -2.14. The standard InChI is InChI=1S/C17H26N2O/c1-2-4-13(10-11-18)6-9-16(20)15-8-7-14-5-3-12-19-17(14)15/h3,5,12-13,15H,2,4,6-11,18H2,1H3. The van der Waals surface area contributed by atoms with E-state index in [9.17, 15) is 4.79 Å². The smallest absolute Gasteiger partial charge is 0.141 e. The van der Waals surface area contributed by atoms with Crippen LogP contribution in [0.25, 0.3) is 0 Å². The number of rotatable bonds is 8. The van der Waals surface area contributed by atoms with Crippen molar-refractivity contribution in [2.24, 2.45) is 11.7 Å². The fourth-order valence-electron chi connectivity index (χ4n) is 3.32. The monoisotopic (exact) mass is 274 g/mol. The number of aromatic nitrogens is 1. The average molecular weight is 274 g/mol. The second kappa shape index (κ2) is 7.53. The first kappa shape index (κ1) is 15.2. The van der Waals surface area contributed by atoms with Crippen LogP contribution in [0.5, 0.6) is 0 Å². The van der Waals surface area contributed by atoms with Gasteiger partial charge < -0.3 is 5.73 Å². The molecule has 2 unspecified atom stereocenters. The van der Waals surface area contributed by atoms with E-state index in [0.717, 1.165) is 37.9 Å². The van der Waals surface area contributed by atoms with E-state index in [-0.39, 0.29) is 5.92 Å². The molecule has 20 heavy (non-hydrogen) atoms. The van der Waals surface area contributed by atoms with E-state index in [4.69, 9.17) is 5.73 Å². The highest BCUT2D eigenvalue weighted by molar-refractivity contribution is 5.86. The van der Waals surface area contributed by atoms with Crippen molar-refractivity contribution < 1.29 is 4.79 Å². The Labute approximate surface area is 122 Å². The van der Waals surface area contributed by atoms with Gasteiger partial charge in [-0.15, -0.1) is 0 Å². The van der Waals surface area contributed by atoms with Crippen LogP contribution in [-0.4, -0.2) is 17.3 Å². The number of nitrogens with two attached hydrogens (primary N) is 1. The topological polar surface area (TPSA) is 56.0 Å². The predicted octanol–water partition coefficient (Wildman–Crippen LogP) is 3.23. The molecule has 1 aliphatic rings. The summed E-state index contributed by atoms with van der Waals surface area (Å²) in [5.74, 6) is 1.03. The van der Waals surface area contributed by atoms with E-state index in [0.29, 0.717) is 18.1 Å². The van der Waals surface area contributed by atoms with Gasteiger partial charge in [0.25, 0.3) is 0 Å². The Balaban J connectivity index is 1.89. The fourth-order valence-corrected chi connectivity index (χ4v) is 3.32. The molecule has 0 radical (unpaired) electrons. The molecule has 0 aliphatic heterocycles. The molecule has 1 aromatic rings. The maximum Gasteiger partial charge on any atom is 0.141 e. The maximum atomic E-state index is 12.4. The molecule has 1 aliphatic carbocycles. The lowest BCUT2D eigenvalue weighted by molar-refractivity contribution is -0.120. The minimum Gasteiger partial charge on any atom is -0.330 e. The summed E-state index contributed by atoms with van der Waals surface area (Å²) in [7, 11) is 0. The Hall–Kier alpha value is -1.22. The third kappa shape index (κ3) is 3.66. The van der Waals surface area contributed by atoms with E-state index < -0.39 is 0 Å². The van der Waals surface area contributed by atoms with E-state index >= 15 is 0 Å². The molecule has 0 fully saturated rings. The van der Waals surface area contributed by atoms with Crippen LogP contribution in [0, 0.1) is 5.92 Å². The molecule has 1 heterocycles. The summed E-state index contributed by atoms with van der Waals surface area (Å²) in [6, 6.07) is 4.06. The SMILES string of the molecule is CCCC(CCN)CCC(=O)C1CCc2cccnc21. The zero-order chi connectivity index (χ0) is 14.4. The molecule has 0 amide bonds. The number of pyridine rings is 1. The van der Waals surface area contributed by atoms with Gasteiger partial charge in [0.15, 0.2) is 0 Å². The molecule has 0 spiro atoms. The Bertz CT molecular complexity index is 438. The van der Waals surface area contributed by atoms with Crippen molar-refractivity contribution in [3.05, 3.63) is 29.6 Å². The number of hydrogen-bond acceptors (Lipinski definition) is 3. The van der Waals surface area contributed by atoms with Gasteiger partial charge in [-0.25, -0.2) is 0 Å². The van der Waals surface area contributed by atoms with Crippen molar-refractivity contribution in [3.63, 3.8) is 0 Å². The first-order valence-corrected chi connectivity index (χ1v) is 7.92. The second-order valence-corrected chi connectivity index (χ2v) is 5.88. The number of carbonyl (C=O) groups excluding carboxylic acids is 1. The molecule has 2 N–H and O–H groups in total. The molecule has 1 aromatic heterocycles. The van der Waals surface area contributed by atoms with Crippen LogP contribution < -0.4 is 5.73 Å². The van der Waals surface area contributed by atoms with Crippen LogP contribution in [0.1, 0.15) is 62.6 Å². The van der Waals surface area contributed by atoms with Crippen LogP contribution in [0.4, 0.5) is 0 Å². The van der Waals surface area contributed by atoms with Gasteiger partial charge >= 0.3 is 0 Å². The van der Waals surface area contributed by atoms with Gasteiger partial charge in [0.05, 0.1) is 11.6 Å². The van der Waals surface area contributed by atoms with Crippen molar-refractivity contribution in [1.29, 1.82) is 0 Å². The molecular formula is C17H26N2O. The molecule has 0 aromatic carbocycles. The lowest BCUT2D eigenvalue weighted by Gasteiger charge is -2.16. The Kier molecular flexibility index (Phi) is 5.72. The largest absolute Gasteiger partial charge is 0.330 e. The summed E-state index contributed by atoms with van der Waals surface area (Å²) < 4.78 is 0. The van der Waals surface area contributed by atoms with Gasteiger partial charge in [0.2, 0.25) is 0 Å². The Morgan fingerprint density at radius 3 is 3.05 bits per heavy atom. The number of carbonyl (C=O) groups is 1. The van der Waals surface area contributed by atoms with Gasteiger partial charge in [-0.2, -0.15) is 0 Å². The van der Waals surface area contributed by atoms with Gasteiger partial charge in [-0.1, -0.05) is 25.8 Å². The van der Waals surface area contributed by atoms with E-state index in [2.05, 4.69) is 18.0 Å². The molecular weight excluding hydrogens is 248 g/mol. The Morgan fingerprint density at radius 1 is 1.45 bits per heavy atom. The minimum absolute atomic E-state index is 0.0475. The van der Waals surface area contributed by atoms with Crippen molar-refractivity contribution in [1.82, 2.24) is 4.98 Å². The van der Waals surface area contributed by atoms with E-state index in [1.807, 2.05) is 6.07 Å². The van der Waals surface area contributed by atoms with Gasteiger partial charge in [0, 0.05) is 12.6 Å². The molecule has 0 saturated heterocycles. The van der Waals surface area contributed by atoms with Crippen molar-refractivity contribution in [2.45, 2.75) is 57.8 Å². The fraction of sp³-hybridized carbons (Fsp3) is 0.647. The van der Waals surface area contributed by atoms with E-state index in [1.54, 1.807) is 6.20 Å². The minimum atomic E-state index is 0.0475. The molecule has 0 saturated carbocycles. The van der Waals surface area contributed by atoms with Crippen molar-refractivity contribution in [3.8, 4) is 0 Å². The number of hydrogen-bond donors (Lipinski definition) is 1. The third-order valence-electron chi connectivity index (χ3n) is 4.42. The molecule has 110 valence electrons. The van der Waals surface area contributed by atoms with Crippen LogP contribution in [0.2, 0.25) is 0 Å². The zero-order valence-electron chi connectivity index (χ0n) is 12.5. The average Bonchev–Trinajstić information content (AvgIpc) is 2.89.